The van der Waals surface area contributed by atoms with Crippen LogP contribution in [-0.4, -0.2) is 42.1 Å². The van der Waals surface area contributed by atoms with Crippen LogP contribution in [0.25, 0.3) is 28.1 Å². The predicted molar refractivity (Wildman–Crippen MR) is 97.3 cm³/mol. The molecule has 2 aromatic carbocycles. The molecule has 0 saturated carbocycles. The Morgan fingerprint density at radius 2 is 1.81 bits per heavy atom. The lowest BCUT2D eigenvalue weighted by molar-refractivity contribution is 0.598. The number of nitrogens with one attached hydrogen (secondary N) is 2. The molecule has 0 atom stereocenters. The van der Waals surface area contributed by atoms with E-state index in [-0.39, 0.29) is 10.7 Å². The molecule has 4 N–H and O–H groups in total. The average molecular weight is 368 g/mol. The van der Waals surface area contributed by atoms with E-state index < -0.39 is 10.0 Å². The molecule has 2 heterocycles. The molecule has 1 aliphatic heterocycles. The highest BCUT2D eigenvalue weighted by Crippen LogP contribution is 2.35. The lowest BCUT2D eigenvalue weighted by Gasteiger charge is -2.12. The van der Waals surface area contributed by atoms with Crippen molar-refractivity contribution >= 4 is 15.6 Å². The fourth-order valence-electron chi connectivity index (χ4n) is 3.07. The fraction of sp³-hybridized carbons (Fsp3) is 0.118. The largest absolute Gasteiger partial charge is 0.309 e. The van der Waals surface area contributed by atoms with Crippen molar-refractivity contribution in [3.05, 3.63) is 54.1 Å². The number of rotatable bonds is 4. The minimum Gasteiger partial charge on any atom is -0.309 e. The maximum absolute atomic E-state index is 12.0. The summed E-state index contributed by atoms with van der Waals surface area (Å²) in [5.41, 5.74) is 4.21. The first-order valence-electron chi connectivity index (χ1n) is 7.94. The third-order valence-corrected chi connectivity index (χ3v) is 5.23. The second-order valence-electron chi connectivity index (χ2n) is 5.90. The number of hydrogen-bond acceptors (Lipinski definition) is 6. The SMILES string of the molecule is NS(=O)(=O)c1cccc(-c2ccc(C3=CCNC3)cc2)c1-c1nn[nH]n1. The zero-order valence-electron chi connectivity index (χ0n) is 13.7. The fourth-order valence-corrected chi connectivity index (χ4v) is 3.82. The highest BCUT2D eigenvalue weighted by molar-refractivity contribution is 7.89. The van der Waals surface area contributed by atoms with E-state index in [4.69, 9.17) is 5.14 Å². The van der Waals surface area contributed by atoms with Gasteiger partial charge in [-0.2, -0.15) is 5.21 Å². The van der Waals surface area contributed by atoms with Gasteiger partial charge in [-0.15, -0.1) is 10.2 Å². The summed E-state index contributed by atoms with van der Waals surface area (Å²) in [4.78, 5) is -0.0387. The van der Waals surface area contributed by atoms with Crippen LogP contribution in [-0.2, 0) is 10.0 Å². The van der Waals surface area contributed by atoms with Gasteiger partial charge >= 0.3 is 0 Å². The third kappa shape index (κ3) is 3.03. The summed E-state index contributed by atoms with van der Waals surface area (Å²) < 4.78 is 24.1. The smallest absolute Gasteiger partial charge is 0.238 e. The van der Waals surface area contributed by atoms with Crippen LogP contribution in [0.15, 0.2) is 53.4 Å². The summed E-state index contributed by atoms with van der Waals surface area (Å²) in [5.74, 6) is 0.177. The molecule has 0 spiro atoms. The molecule has 9 heteroatoms. The summed E-state index contributed by atoms with van der Waals surface area (Å²) in [6.07, 6.45) is 2.15. The molecule has 0 aliphatic carbocycles. The van der Waals surface area contributed by atoms with Gasteiger partial charge in [-0.25, -0.2) is 13.6 Å². The van der Waals surface area contributed by atoms with Crippen LogP contribution in [0.1, 0.15) is 5.56 Å². The van der Waals surface area contributed by atoms with Gasteiger partial charge in [0.1, 0.15) is 0 Å². The standard InChI is InChI=1S/C17H16N6O2S/c18-26(24,25)15-3-1-2-14(16(15)17-20-22-23-21-17)12-6-4-11(5-7-12)13-8-9-19-10-13/h1-8,19H,9-10H2,(H2,18,24,25)(H,20,21,22,23). The Hall–Kier alpha value is -2.88. The summed E-state index contributed by atoms with van der Waals surface area (Å²) in [7, 11) is -3.95. The minimum atomic E-state index is -3.95. The van der Waals surface area contributed by atoms with Crippen LogP contribution in [0.4, 0.5) is 0 Å². The number of aromatic nitrogens is 4. The zero-order chi connectivity index (χ0) is 18.1. The van der Waals surface area contributed by atoms with Gasteiger partial charge in [-0.3, -0.25) is 0 Å². The Morgan fingerprint density at radius 3 is 2.42 bits per heavy atom. The Balaban J connectivity index is 1.86. The lowest BCUT2D eigenvalue weighted by Crippen LogP contribution is -2.14. The number of H-pyrrole nitrogens is 1. The molecule has 0 bridgehead atoms. The van der Waals surface area contributed by atoms with E-state index in [0.717, 1.165) is 24.2 Å². The monoisotopic (exact) mass is 368 g/mol. The summed E-state index contributed by atoms with van der Waals surface area (Å²) in [6, 6.07) is 12.8. The van der Waals surface area contributed by atoms with E-state index in [2.05, 4.69) is 32.0 Å². The van der Waals surface area contributed by atoms with E-state index in [1.165, 1.54) is 11.6 Å². The predicted octanol–water partition coefficient (Wildman–Crippen LogP) is 1.17. The molecule has 1 aliphatic rings. The number of nitrogens with zero attached hydrogens (tertiary/aromatic N) is 3. The van der Waals surface area contributed by atoms with Gasteiger partial charge in [0.05, 0.1) is 10.5 Å². The van der Waals surface area contributed by atoms with E-state index in [9.17, 15) is 8.42 Å². The molecule has 0 radical (unpaired) electrons. The van der Waals surface area contributed by atoms with Crippen molar-refractivity contribution in [2.24, 2.45) is 5.14 Å². The van der Waals surface area contributed by atoms with Crippen molar-refractivity contribution in [2.75, 3.05) is 13.1 Å². The number of nitrogens with two attached hydrogens (primary N) is 1. The molecular weight excluding hydrogens is 352 g/mol. The van der Waals surface area contributed by atoms with Gasteiger partial charge in [-0.05, 0) is 33.5 Å². The maximum Gasteiger partial charge on any atom is 0.238 e. The molecule has 26 heavy (non-hydrogen) atoms. The molecule has 1 aromatic heterocycles. The summed E-state index contributed by atoms with van der Waals surface area (Å²) in [6.45, 7) is 1.71. The van der Waals surface area contributed by atoms with Crippen LogP contribution < -0.4 is 10.5 Å². The quantitative estimate of drug-likeness (QED) is 0.634. The molecule has 132 valence electrons. The van der Waals surface area contributed by atoms with Crippen LogP contribution in [0.3, 0.4) is 0 Å². The average Bonchev–Trinajstić information content (AvgIpc) is 3.34. The van der Waals surface area contributed by atoms with E-state index in [1.54, 1.807) is 6.07 Å². The van der Waals surface area contributed by atoms with Crippen LogP contribution in [0.2, 0.25) is 0 Å². The summed E-state index contributed by atoms with van der Waals surface area (Å²) in [5, 5.41) is 22.4. The topological polar surface area (TPSA) is 127 Å². The molecule has 0 amide bonds. The number of sulfonamides is 1. The Labute approximate surface area is 150 Å². The van der Waals surface area contributed by atoms with E-state index in [1.807, 2.05) is 30.3 Å². The molecular formula is C17H16N6O2S. The number of hydrogen-bond donors (Lipinski definition) is 3. The molecule has 0 fully saturated rings. The molecule has 0 unspecified atom stereocenters. The Morgan fingerprint density at radius 1 is 1.04 bits per heavy atom. The van der Waals surface area contributed by atoms with Crippen molar-refractivity contribution in [2.45, 2.75) is 4.90 Å². The summed E-state index contributed by atoms with van der Waals surface area (Å²) >= 11 is 0. The second kappa shape index (κ2) is 6.45. The second-order valence-corrected chi connectivity index (χ2v) is 7.43. The molecule has 8 nitrogen and oxygen atoms in total. The zero-order valence-corrected chi connectivity index (χ0v) is 14.5. The van der Waals surface area contributed by atoms with Gasteiger partial charge in [0.15, 0.2) is 0 Å². The minimum absolute atomic E-state index is 0.0387. The maximum atomic E-state index is 12.0. The van der Waals surface area contributed by atoms with Crippen molar-refractivity contribution in [3.8, 4) is 22.5 Å². The molecule has 4 rings (SSSR count). The first-order valence-corrected chi connectivity index (χ1v) is 9.49. The van der Waals surface area contributed by atoms with Crippen molar-refractivity contribution in [1.29, 1.82) is 0 Å². The highest BCUT2D eigenvalue weighted by Gasteiger charge is 2.22. The first-order chi connectivity index (χ1) is 12.5. The molecule has 3 aromatic rings. The van der Waals surface area contributed by atoms with Gasteiger partial charge < -0.3 is 5.32 Å². The van der Waals surface area contributed by atoms with Crippen LogP contribution >= 0.6 is 0 Å². The number of tetrazole rings is 1. The van der Waals surface area contributed by atoms with Crippen LogP contribution in [0.5, 0.6) is 0 Å². The van der Waals surface area contributed by atoms with E-state index in [0.29, 0.717) is 11.1 Å². The Kier molecular flexibility index (Phi) is 4.11. The van der Waals surface area contributed by atoms with Gasteiger partial charge in [-0.1, -0.05) is 42.5 Å². The molecule has 0 saturated heterocycles. The van der Waals surface area contributed by atoms with Gasteiger partial charge in [0.2, 0.25) is 15.8 Å². The third-order valence-electron chi connectivity index (χ3n) is 4.28. The van der Waals surface area contributed by atoms with Crippen molar-refractivity contribution < 1.29 is 8.42 Å². The Bertz CT molecular complexity index is 1070. The first kappa shape index (κ1) is 16.6. The van der Waals surface area contributed by atoms with Crippen molar-refractivity contribution in [3.63, 3.8) is 0 Å². The number of primary sulfonamides is 1. The normalized spacial score (nSPS) is 14.4. The van der Waals surface area contributed by atoms with Gasteiger partial charge in [0, 0.05) is 13.1 Å². The number of aromatic amines is 1. The van der Waals surface area contributed by atoms with Crippen molar-refractivity contribution in [1.82, 2.24) is 25.9 Å². The van der Waals surface area contributed by atoms with Crippen LogP contribution in [0, 0.1) is 0 Å². The van der Waals surface area contributed by atoms with Gasteiger partial charge in [0.25, 0.3) is 0 Å². The number of benzene rings is 2. The lowest BCUT2D eigenvalue weighted by atomic mass is 9.96. The highest BCUT2D eigenvalue weighted by atomic mass is 32.2. The van der Waals surface area contributed by atoms with E-state index >= 15 is 0 Å².